The van der Waals surface area contributed by atoms with E-state index >= 15 is 0 Å². The zero-order valence-corrected chi connectivity index (χ0v) is 16.6. The fraction of sp³-hybridized carbons (Fsp3) is 0.143. The number of fused-ring (bicyclic) bond motifs is 1. The second-order valence-corrected chi connectivity index (χ2v) is 6.96. The van der Waals surface area contributed by atoms with Crippen LogP contribution in [0.5, 0.6) is 5.75 Å². The number of nitro groups is 1. The molecule has 2 aromatic carbocycles. The standard InChI is InChI=1S/C21H19N3O4S/c1-3-13-23-20-17(28-4-2)9-6-10-18(20)29-21(23)22-19(25)12-11-15-7-5-8-16(14-15)24(26)27/h3,5-12,14H,1,4,13H2,2H3/b12-11+,22-21?. The summed E-state index contributed by atoms with van der Waals surface area (Å²) in [5.74, 6) is 0.267. The largest absolute Gasteiger partial charge is 0.492 e. The lowest BCUT2D eigenvalue weighted by Crippen LogP contribution is -2.16. The molecule has 1 aromatic heterocycles. The van der Waals surface area contributed by atoms with Gasteiger partial charge in [-0.05, 0) is 30.7 Å². The summed E-state index contributed by atoms with van der Waals surface area (Å²) in [6, 6.07) is 11.8. The smallest absolute Gasteiger partial charge is 0.272 e. The minimum Gasteiger partial charge on any atom is -0.492 e. The molecule has 3 rings (SSSR count). The van der Waals surface area contributed by atoms with Crippen LogP contribution in [-0.4, -0.2) is 22.0 Å². The molecule has 1 amide bonds. The van der Waals surface area contributed by atoms with Gasteiger partial charge in [-0.25, -0.2) is 0 Å². The number of benzene rings is 2. The number of thiazole rings is 1. The normalized spacial score (nSPS) is 11.8. The van der Waals surface area contributed by atoms with Gasteiger partial charge in [0.15, 0.2) is 4.80 Å². The van der Waals surface area contributed by atoms with Crippen LogP contribution in [-0.2, 0) is 11.3 Å². The van der Waals surface area contributed by atoms with E-state index in [0.717, 1.165) is 16.0 Å². The number of ether oxygens (including phenoxy) is 1. The number of nitro benzene ring substituents is 1. The van der Waals surface area contributed by atoms with Gasteiger partial charge in [0.25, 0.3) is 11.6 Å². The van der Waals surface area contributed by atoms with Gasteiger partial charge in [-0.1, -0.05) is 35.6 Å². The number of amides is 1. The van der Waals surface area contributed by atoms with E-state index in [1.807, 2.05) is 29.7 Å². The Hall–Kier alpha value is -3.52. The summed E-state index contributed by atoms with van der Waals surface area (Å²) in [7, 11) is 0. The first-order chi connectivity index (χ1) is 14.0. The van der Waals surface area contributed by atoms with E-state index in [1.54, 1.807) is 18.2 Å². The summed E-state index contributed by atoms with van der Waals surface area (Å²) >= 11 is 1.38. The Labute approximate surface area is 171 Å². The van der Waals surface area contributed by atoms with Crippen LogP contribution in [0.3, 0.4) is 0 Å². The quantitative estimate of drug-likeness (QED) is 0.251. The molecule has 29 heavy (non-hydrogen) atoms. The van der Waals surface area contributed by atoms with E-state index in [1.165, 1.54) is 35.6 Å². The average Bonchev–Trinajstić information content (AvgIpc) is 3.05. The van der Waals surface area contributed by atoms with Crippen LogP contribution in [0.2, 0.25) is 0 Å². The summed E-state index contributed by atoms with van der Waals surface area (Å²) in [5, 5.41) is 10.9. The molecule has 0 aliphatic heterocycles. The SMILES string of the molecule is C=CCn1c(=NC(=O)/C=C/c2cccc([N+](=O)[O-])c2)sc2cccc(OCC)c21. The maximum Gasteiger partial charge on any atom is 0.272 e. The number of hydrogen-bond acceptors (Lipinski definition) is 5. The van der Waals surface area contributed by atoms with Crippen molar-refractivity contribution >= 4 is 39.2 Å². The number of para-hydroxylation sites is 1. The van der Waals surface area contributed by atoms with Crippen LogP contribution < -0.4 is 9.54 Å². The van der Waals surface area contributed by atoms with E-state index in [9.17, 15) is 14.9 Å². The van der Waals surface area contributed by atoms with E-state index in [4.69, 9.17) is 4.74 Å². The monoisotopic (exact) mass is 409 g/mol. The summed E-state index contributed by atoms with van der Waals surface area (Å²) in [4.78, 5) is 27.5. The highest BCUT2D eigenvalue weighted by Gasteiger charge is 2.11. The minimum atomic E-state index is -0.477. The maximum atomic E-state index is 12.4. The predicted molar refractivity (Wildman–Crippen MR) is 114 cm³/mol. The molecule has 0 saturated carbocycles. The number of hydrogen-bond donors (Lipinski definition) is 0. The van der Waals surface area contributed by atoms with Crippen molar-refractivity contribution in [2.75, 3.05) is 6.61 Å². The van der Waals surface area contributed by atoms with Gasteiger partial charge in [0.05, 0.1) is 16.2 Å². The molecule has 0 atom stereocenters. The molecule has 148 valence electrons. The first-order valence-corrected chi connectivity index (χ1v) is 9.72. The van der Waals surface area contributed by atoms with E-state index in [-0.39, 0.29) is 5.69 Å². The minimum absolute atomic E-state index is 0.0340. The van der Waals surface area contributed by atoms with Crippen LogP contribution in [0.4, 0.5) is 5.69 Å². The van der Waals surface area contributed by atoms with E-state index < -0.39 is 10.8 Å². The molecule has 3 aromatic rings. The van der Waals surface area contributed by atoms with Gasteiger partial charge in [0.1, 0.15) is 11.3 Å². The van der Waals surface area contributed by atoms with Gasteiger partial charge in [0.2, 0.25) is 0 Å². The summed E-state index contributed by atoms with van der Waals surface area (Å²) in [5.41, 5.74) is 1.39. The maximum absolute atomic E-state index is 12.4. The van der Waals surface area contributed by atoms with Crippen molar-refractivity contribution in [3.63, 3.8) is 0 Å². The Morgan fingerprint density at radius 3 is 2.86 bits per heavy atom. The number of nitrogens with zero attached hydrogens (tertiary/aromatic N) is 3. The number of rotatable bonds is 7. The van der Waals surface area contributed by atoms with Gasteiger partial charge in [0, 0.05) is 24.8 Å². The third-order valence-electron chi connectivity index (χ3n) is 3.98. The highest BCUT2D eigenvalue weighted by molar-refractivity contribution is 7.16. The molecule has 0 saturated heterocycles. The third kappa shape index (κ3) is 4.67. The molecule has 7 nitrogen and oxygen atoms in total. The highest BCUT2D eigenvalue weighted by Crippen LogP contribution is 2.27. The Morgan fingerprint density at radius 1 is 1.34 bits per heavy atom. The highest BCUT2D eigenvalue weighted by atomic mass is 32.1. The second-order valence-electron chi connectivity index (χ2n) is 5.96. The number of non-ortho nitro benzene ring substituents is 1. The summed E-state index contributed by atoms with van der Waals surface area (Å²) < 4.78 is 8.55. The molecule has 1 heterocycles. The zero-order chi connectivity index (χ0) is 20.8. The molecule has 0 fully saturated rings. The molecule has 0 radical (unpaired) electrons. The fourth-order valence-electron chi connectivity index (χ4n) is 2.79. The lowest BCUT2D eigenvalue weighted by molar-refractivity contribution is -0.384. The predicted octanol–water partition coefficient (Wildman–Crippen LogP) is 4.34. The third-order valence-corrected chi connectivity index (χ3v) is 5.02. The number of aromatic nitrogens is 1. The van der Waals surface area contributed by atoms with Crippen molar-refractivity contribution in [1.82, 2.24) is 4.57 Å². The van der Waals surface area contributed by atoms with Crippen LogP contribution in [0.15, 0.2) is 66.2 Å². The summed E-state index contributed by atoms with van der Waals surface area (Å²) in [6.45, 7) is 6.70. The molecule has 0 aliphatic rings. The first kappa shape index (κ1) is 20.2. The van der Waals surface area contributed by atoms with Crippen LogP contribution >= 0.6 is 11.3 Å². The van der Waals surface area contributed by atoms with Crippen molar-refractivity contribution < 1.29 is 14.5 Å². The number of carbonyl (C=O) groups is 1. The van der Waals surface area contributed by atoms with Crippen LogP contribution in [0.1, 0.15) is 12.5 Å². The van der Waals surface area contributed by atoms with Crippen molar-refractivity contribution in [3.8, 4) is 5.75 Å². The molecule has 0 N–H and O–H groups in total. The molecule has 0 spiro atoms. The molecule has 0 bridgehead atoms. The van der Waals surface area contributed by atoms with Crippen molar-refractivity contribution in [2.24, 2.45) is 4.99 Å². The van der Waals surface area contributed by atoms with Crippen molar-refractivity contribution in [3.05, 3.63) is 81.7 Å². The van der Waals surface area contributed by atoms with Gasteiger partial charge in [-0.3, -0.25) is 14.9 Å². The molecule has 0 aliphatic carbocycles. The van der Waals surface area contributed by atoms with Crippen molar-refractivity contribution in [2.45, 2.75) is 13.5 Å². The van der Waals surface area contributed by atoms with Crippen molar-refractivity contribution in [1.29, 1.82) is 0 Å². The molecular formula is C21H19N3O4S. The molecule has 0 unspecified atom stereocenters. The van der Waals surface area contributed by atoms with E-state index in [2.05, 4.69) is 11.6 Å². The lowest BCUT2D eigenvalue weighted by atomic mass is 10.2. The van der Waals surface area contributed by atoms with Crippen LogP contribution in [0, 0.1) is 10.1 Å². The second kappa shape index (κ2) is 9.11. The number of carbonyl (C=O) groups excluding carboxylic acids is 1. The van der Waals surface area contributed by atoms with Crippen LogP contribution in [0.25, 0.3) is 16.3 Å². The Bertz CT molecular complexity index is 1170. The van der Waals surface area contributed by atoms with E-state index in [0.29, 0.717) is 23.5 Å². The Kier molecular flexibility index (Phi) is 6.36. The Balaban J connectivity index is 1.99. The lowest BCUT2D eigenvalue weighted by Gasteiger charge is -2.07. The fourth-order valence-corrected chi connectivity index (χ4v) is 3.86. The molecule has 8 heteroatoms. The topological polar surface area (TPSA) is 86.7 Å². The Morgan fingerprint density at radius 2 is 2.14 bits per heavy atom. The molecular weight excluding hydrogens is 390 g/mol. The average molecular weight is 409 g/mol. The summed E-state index contributed by atoms with van der Waals surface area (Å²) in [6.07, 6.45) is 4.54. The van der Waals surface area contributed by atoms with Gasteiger partial charge >= 0.3 is 0 Å². The first-order valence-electron chi connectivity index (χ1n) is 8.90. The van der Waals surface area contributed by atoms with Gasteiger partial charge in [-0.15, -0.1) is 6.58 Å². The number of allylic oxidation sites excluding steroid dienone is 1. The van der Waals surface area contributed by atoms with Gasteiger partial charge < -0.3 is 9.30 Å². The zero-order valence-electron chi connectivity index (χ0n) is 15.8. The van der Waals surface area contributed by atoms with Gasteiger partial charge in [-0.2, -0.15) is 4.99 Å².